The normalized spacial score (nSPS) is 27.9. The van der Waals surface area contributed by atoms with E-state index >= 15 is 4.79 Å². The number of methoxy groups -OCH3 is 1. The molecule has 2 aliphatic carbocycles. The molecule has 2 amide bonds. The summed E-state index contributed by atoms with van der Waals surface area (Å²) >= 11 is 0. The van der Waals surface area contributed by atoms with Crippen LogP contribution >= 0.6 is 0 Å². The number of sulfonamides is 1. The lowest BCUT2D eigenvalue weighted by Crippen LogP contribution is -2.48. The Bertz CT molecular complexity index is 2540. The molecule has 2 saturated carbocycles. The van der Waals surface area contributed by atoms with E-state index in [1.165, 1.54) is 4.90 Å². The molecule has 5 aliphatic rings. The third kappa shape index (κ3) is 10.7. The van der Waals surface area contributed by atoms with Crippen LogP contribution in [-0.2, 0) is 38.7 Å². The lowest BCUT2D eigenvalue weighted by molar-refractivity contribution is -0.257. The number of rotatable bonds is 11. The number of alkyl halides is 3. The molecule has 3 aliphatic heterocycles. The fourth-order valence-electron chi connectivity index (χ4n) is 9.94. The minimum atomic E-state index is -4.88. The van der Waals surface area contributed by atoms with Gasteiger partial charge in [-0.25, -0.2) is 13.4 Å². The molecule has 7 atom stereocenters. The van der Waals surface area contributed by atoms with E-state index in [9.17, 15) is 36.0 Å². The number of nitrogens with zero attached hydrogens (tertiary/aromatic N) is 3. The Morgan fingerprint density at radius 1 is 0.985 bits per heavy atom. The van der Waals surface area contributed by atoms with Crippen LogP contribution in [-0.4, -0.2) is 111 Å². The van der Waals surface area contributed by atoms with Crippen molar-refractivity contribution in [1.29, 1.82) is 0 Å². The van der Waals surface area contributed by atoms with Crippen molar-refractivity contribution in [2.75, 3.05) is 44.9 Å². The second-order valence-corrected chi connectivity index (χ2v) is 21.9. The molecule has 4 fully saturated rings. The Kier molecular flexibility index (Phi) is 14.0. The maximum Gasteiger partial charge on any atom is 0.427 e. The monoisotopic (exact) mass is 966 g/mol. The number of amides is 2. The predicted octanol–water partition coefficient (Wildman–Crippen LogP) is 7.57. The van der Waals surface area contributed by atoms with Crippen LogP contribution in [0.15, 0.2) is 60.7 Å². The largest absolute Gasteiger partial charge is 0.497 e. The van der Waals surface area contributed by atoms with Crippen molar-refractivity contribution in [2.24, 2.45) is 29.1 Å². The first-order valence-electron chi connectivity index (χ1n) is 23.6. The maximum atomic E-state index is 15.1. The van der Waals surface area contributed by atoms with Crippen molar-refractivity contribution in [1.82, 2.24) is 14.6 Å². The van der Waals surface area contributed by atoms with E-state index in [4.69, 9.17) is 23.9 Å². The van der Waals surface area contributed by atoms with Gasteiger partial charge < -0.3 is 28.7 Å². The lowest BCUT2D eigenvalue weighted by atomic mass is 9.82. The van der Waals surface area contributed by atoms with E-state index in [1.54, 1.807) is 26.2 Å². The molecule has 8 rings (SSSR count). The minimum absolute atomic E-state index is 0.00146. The highest BCUT2D eigenvalue weighted by Gasteiger charge is 2.62. The smallest absolute Gasteiger partial charge is 0.427 e. The molecule has 368 valence electrons. The van der Waals surface area contributed by atoms with Gasteiger partial charge in [0.25, 0.3) is 0 Å². The van der Waals surface area contributed by atoms with Gasteiger partial charge in [-0.2, -0.15) is 13.2 Å². The number of halogens is 3. The number of ketones is 1. The van der Waals surface area contributed by atoms with Gasteiger partial charge in [0.15, 0.2) is 5.78 Å². The Hall–Kier alpha value is -5.23. The quantitative estimate of drug-likeness (QED) is 0.148. The molecular weight excluding hydrogens is 906 g/mol. The van der Waals surface area contributed by atoms with Crippen LogP contribution < -0.4 is 19.1 Å². The average Bonchev–Trinajstić information content (AvgIpc) is 4.23. The van der Waals surface area contributed by atoms with Crippen LogP contribution in [0.5, 0.6) is 11.6 Å². The summed E-state index contributed by atoms with van der Waals surface area (Å²) in [5.74, 6) is -4.47. The third-order valence-electron chi connectivity index (χ3n) is 14.4. The van der Waals surface area contributed by atoms with Gasteiger partial charge in [-0.1, -0.05) is 38.1 Å². The number of benzene rings is 2. The van der Waals surface area contributed by atoms with Crippen molar-refractivity contribution in [3.05, 3.63) is 60.7 Å². The molecule has 0 spiro atoms. The average molecular weight is 967 g/mol. The number of anilines is 1. The standard InChI is InChI=1S/C50H61F3N4O10S/c1-30-8-6-7-9-34-27-49(34,47(61)55-68(62,63)38-15-16-38)28-43(58)42-25-37(29-57(42)46(60)40(31(2)22-30)26-44(59)67-48(3,4)50(51,52)53)66-45-39-17-14-36(64-5)23-33(39)24-41(54-45)32-10-12-35(13-11-32)56-18-20-65-21-19-56/h7,9-14,17,23-24,30-31,34,37-38,40,42H,6,8,15-16,18-22,25-29H2,1-5H3,(H,55,61)/b9-7-/t30-,31+,34+,37?,40-,42-,49+/m0/s1. The Balaban J connectivity index is 1.14. The molecule has 2 saturated heterocycles. The Labute approximate surface area is 395 Å². The number of hydrogen-bond donors (Lipinski definition) is 1. The van der Waals surface area contributed by atoms with Crippen LogP contribution in [0, 0.1) is 29.1 Å². The molecule has 1 unspecified atom stereocenters. The number of carbonyl (C=O) groups excluding carboxylic acids is 4. The topological polar surface area (TPSA) is 171 Å². The number of esters is 1. The number of carbonyl (C=O) groups is 4. The number of nitrogens with one attached hydrogen (secondary N) is 1. The number of hydrogen-bond acceptors (Lipinski definition) is 12. The van der Waals surface area contributed by atoms with Crippen LogP contribution in [0.1, 0.15) is 85.5 Å². The van der Waals surface area contributed by atoms with Gasteiger partial charge in [-0.3, -0.25) is 23.9 Å². The first kappa shape index (κ1) is 49.2. The third-order valence-corrected chi connectivity index (χ3v) is 16.2. The highest BCUT2D eigenvalue weighted by Crippen LogP contribution is 2.57. The van der Waals surface area contributed by atoms with E-state index in [0.29, 0.717) is 62.1 Å². The highest BCUT2D eigenvalue weighted by molar-refractivity contribution is 7.90. The van der Waals surface area contributed by atoms with Crippen molar-refractivity contribution < 1.29 is 59.7 Å². The molecule has 14 nitrogen and oxygen atoms in total. The molecule has 0 radical (unpaired) electrons. The molecule has 2 aromatic carbocycles. The van der Waals surface area contributed by atoms with E-state index in [1.807, 2.05) is 55.5 Å². The van der Waals surface area contributed by atoms with Crippen molar-refractivity contribution in [3.63, 3.8) is 0 Å². The molecule has 3 aromatic rings. The predicted molar refractivity (Wildman–Crippen MR) is 247 cm³/mol. The molecule has 4 heterocycles. The Morgan fingerprint density at radius 3 is 2.38 bits per heavy atom. The fraction of sp³-hybridized carbons (Fsp3) is 0.580. The summed E-state index contributed by atoms with van der Waals surface area (Å²) in [7, 11) is -2.40. The molecule has 18 heteroatoms. The number of Topliss-reactive ketones (excluding diaryl/α,β-unsaturated/α-hetero) is 1. The van der Waals surface area contributed by atoms with E-state index < -0.39 is 92.4 Å². The molecule has 0 bridgehead atoms. The second kappa shape index (κ2) is 19.3. The lowest BCUT2D eigenvalue weighted by Gasteiger charge is -2.33. The number of fused-ring (bicyclic) bond motifs is 3. The molecule has 1 aromatic heterocycles. The highest BCUT2D eigenvalue weighted by atomic mass is 32.2. The minimum Gasteiger partial charge on any atom is -0.497 e. The fourth-order valence-corrected chi connectivity index (χ4v) is 11.3. The Morgan fingerprint density at radius 2 is 1.71 bits per heavy atom. The second-order valence-electron chi connectivity index (χ2n) is 19.9. The van der Waals surface area contributed by atoms with E-state index in [-0.39, 0.29) is 37.6 Å². The SMILES string of the molecule is COc1ccc2c(OC3C[C@H]4C(=O)C[C@]5(C(=O)NS(=O)(=O)C6CC6)C[C@H]5/C=C\CC[C@H](C)C[C@@H](C)[C@H](CC(=O)OC(C)(C)C(F)(F)F)C(=O)N4C3)nc(-c3ccc(N4CCOCC4)cc3)cc2c1. The number of pyridine rings is 1. The summed E-state index contributed by atoms with van der Waals surface area (Å²) in [6.07, 6.45) is -0.316. The van der Waals surface area contributed by atoms with Gasteiger partial charge in [-0.05, 0) is 112 Å². The zero-order valence-electron chi connectivity index (χ0n) is 39.2. The van der Waals surface area contributed by atoms with Crippen LogP contribution in [0.3, 0.4) is 0 Å². The van der Waals surface area contributed by atoms with Gasteiger partial charge >= 0.3 is 12.1 Å². The maximum absolute atomic E-state index is 15.1. The zero-order chi connectivity index (χ0) is 48.8. The van der Waals surface area contributed by atoms with Gasteiger partial charge in [-0.15, -0.1) is 0 Å². The van der Waals surface area contributed by atoms with E-state index in [2.05, 4.69) is 9.62 Å². The molecule has 68 heavy (non-hydrogen) atoms. The summed E-state index contributed by atoms with van der Waals surface area (Å²) in [5.41, 5.74) is -1.80. The summed E-state index contributed by atoms with van der Waals surface area (Å²) in [6, 6.07) is 14.1. The van der Waals surface area contributed by atoms with Crippen LogP contribution in [0.4, 0.5) is 18.9 Å². The first-order valence-corrected chi connectivity index (χ1v) is 25.2. The van der Waals surface area contributed by atoms with Gasteiger partial charge in [0.05, 0.1) is 61.6 Å². The van der Waals surface area contributed by atoms with E-state index in [0.717, 1.165) is 43.6 Å². The number of aromatic nitrogens is 1. The summed E-state index contributed by atoms with van der Waals surface area (Å²) < 4.78 is 93.0. The number of allylic oxidation sites excluding steroid dienone is 2. The summed E-state index contributed by atoms with van der Waals surface area (Å²) in [5, 5.41) is 0.686. The van der Waals surface area contributed by atoms with Crippen LogP contribution in [0.2, 0.25) is 0 Å². The first-order chi connectivity index (χ1) is 32.2. The van der Waals surface area contributed by atoms with Gasteiger partial charge in [0.2, 0.25) is 33.3 Å². The molecular formula is C50H61F3N4O10S. The van der Waals surface area contributed by atoms with Gasteiger partial charge in [0.1, 0.15) is 11.9 Å². The van der Waals surface area contributed by atoms with Crippen molar-refractivity contribution >= 4 is 50.1 Å². The van der Waals surface area contributed by atoms with Gasteiger partial charge in [0, 0.05) is 42.6 Å². The van der Waals surface area contributed by atoms with Crippen molar-refractivity contribution in [3.8, 4) is 22.9 Å². The van der Waals surface area contributed by atoms with Crippen molar-refractivity contribution in [2.45, 2.75) is 115 Å². The number of ether oxygens (including phenoxy) is 4. The number of morpholine rings is 1. The zero-order valence-corrected chi connectivity index (χ0v) is 40.0. The summed E-state index contributed by atoms with van der Waals surface area (Å²) in [6.45, 7) is 7.90. The van der Waals surface area contributed by atoms with Crippen LogP contribution in [0.25, 0.3) is 22.0 Å². The summed E-state index contributed by atoms with van der Waals surface area (Å²) in [4.78, 5) is 66.1. The molecule has 1 N–H and O–H groups in total.